The van der Waals surface area contributed by atoms with Crippen LogP contribution >= 0.6 is 11.3 Å². The van der Waals surface area contributed by atoms with Crippen molar-refractivity contribution in [2.45, 2.75) is 20.0 Å². The number of anilines is 1. The molecule has 144 valence electrons. The van der Waals surface area contributed by atoms with E-state index in [2.05, 4.69) is 5.32 Å². The Labute approximate surface area is 167 Å². The predicted octanol–water partition coefficient (Wildman–Crippen LogP) is 5.00. The van der Waals surface area contributed by atoms with E-state index in [9.17, 15) is 9.59 Å². The molecule has 1 N–H and O–H groups in total. The summed E-state index contributed by atoms with van der Waals surface area (Å²) in [6, 6.07) is 18.7. The molecule has 5 nitrogen and oxygen atoms in total. The number of carbonyl (C=O) groups is 2. The molecule has 1 unspecified atom stereocenters. The highest BCUT2D eigenvalue weighted by molar-refractivity contribution is 7.15. The zero-order valence-corrected chi connectivity index (χ0v) is 16.5. The van der Waals surface area contributed by atoms with Crippen LogP contribution in [0, 0.1) is 0 Å². The Balaban J connectivity index is 1.84. The molecule has 2 aromatic carbocycles. The van der Waals surface area contributed by atoms with Crippen LogP contribution in [-0.2, 0) is 9.53 Å². The van der Waals surface area contributed by atoms with Gasteiger partial charge in [-0.2, -0.15) is 0 Å². The minimum Gasteiger partial charge on any atom is -0.481 e. The summed E-state index contributed by atoms with van der Waals surface area (Å²) in [5.74, 6) is -0.197. The fourth-order valence-electron chi connectivity index (χ4n) is 2.66. The second kappa shape index (κ2) is 9.19. The average Bonchev–Trinajstić information content (AvgIpc) is 3.13. The van der Waals surface area contributed by atoms with E-state index in [1.54, 1.807) is 26.0 Å². The molecule has 0 aliphatic heterocycles. The summed E-state index contributed by atoms with van der Waals surface area (Å²) in [5.41, 5.74) is 1.98. The molecule has 0 radical (unpaired) electrons. The van der Waals surface area contributed by atoms with Gasteiger partial charge in [0, 0.05) is 10.9 Å². The van der Waals surface area contributed by atoms with Crippen molar-refractivity contribution in [1.82, 2.24) is 0 Å². The highest BCUT2D eigenvalue weighted by Crippen LogP contribution is 2.36. The van der Waals surface area contributed by atoms with Gasteiger partial charge in [0.25, 0.3) is 5.91 Å². The number of para-hydroxylation sites is 1. The number of hydrogen-bond donors (Lipinski definition) is 1. The van der Waals surface area contributed by atoms with E-state index in [4.69, 9.17) is 9.47 Å². The standard InChI is InChI=1S/C22H21NO4S/c1-3-26-22(25)19-18(16-10-6-4-7-11-16)14-28-21(19)23-20(24)15(2)27-17-12-8-5-9-13-17/h4-15H,3H2,1-2H3,(H,23,24). The number of nitrogens with one attached hydrogen (secondary N) is 1. The Hall–Kier alpha value is -3.12. The van der Waals surface area contributed by atoms with E-state index in [1.807, 2.05) is 53.9 Å². The molecular weight excluding hydrogens is 374 g/mol. The van der Waals surface area contributed by atoms with Crippen LogP contribution in [-0.4, -0.2) is 24.6 Å². The maximum atomic E-state index is 12.6. The summed E-state index contributed by atoms with van der Waals surface area (Å²) in [5, 5.41) is 5.11. The SMILES string of the molecule is CCOC(=O)c1c(-c2ccccc2)csc1NC(=O)C(C)Oc1ccccc1. The molecule has 6 heteroatoms. The zero-order chi connectivity index (χ0) is 19.9. The molecule has 1 aromatic heterocycles. The largest absolute Gasteiger partial charge is 0.481 e. The highest BCUT2D eigenvalue weighted by atomic mass is 32.1. The maximum absolute atomic E-state index is 12.6. The predicted molar refractivity (Wildman–Crippen MR) is 111 cm³/mol. The number of esters is 1. The van der Waals surface area contributed by atoms with E-state index in [-0.39, 0.29) is 12.5 Å². The summed E-state index contributed by atoms with van der Waals surface area (Å²) in [6.07, 6.45) is -0.722. The average molecular weight is 395 g/mol. The lowest BCUT2D eigenvalue weighted by Gasteiger charge is -2.15. The molecule has 1 heterocycles. The lowest BCUT2D eigenvalue weighted by atomic mass is 10.0. The minimum absolute atomic E-state index is 0.254. The van der Waals surface area contributed by atoms with Crippen LogP contribution in [0.4, 0.5) is 5.00 Å². The van der Waals surface area contributed by atoms with Crippen LogP contribution < -0.4 is 10.1 Å². The van der Waals surface area contributed by atoms with E-state index >= 15 is 0 Å². The number of amides is 1. The van der Waals surface area contributed by atoms with E-state index in [0.29, 0.717) is 16.3 Å². The molecule has 0 fully saturated rings. The first-order chi connectivity index (χ1) is 13.6. The Kier molecular flexibility index (Phi) is 6.45. The first-order valence-corrected chi connectivity index (χ1v) is 9.84. The summed E-state index contributed by atoms with van der Waals surface area (Å²) < 4.78 is 10.9. The third-order valence-electron chi connectivity index (χ3n) is 4.02. The summed E-state index contributed by atoms with van der Waals surface area (Å²) in [7, 11) is 0. The number of hydrogen-bond acceptors (Lipinski definition) is 5. The van der Waals surface area contributed by atoms with E-state index in [1.165, 1.54) is 11.3 Å². The molecular formula is C22H21NO4S. The molecule has 0 saturated carbocycles. The van der Waals surface area contributed by atoms with Gasteiger partial charge in [-0.25, -0.2) is 4.79 Å². The van der Waals surface area contributed by atoms with E-state index in [0.717, 1.165) is 11.1 Å². The van der Waals surface area contributed by atoms with Crippen LogP contribution in [0.1, 0.15) is 24.2 Å². The molecule has 0 aliphatic carbocycles. The third kappa shape index (κ3) is 4.58. The van der Waals surface area contributed by atoms with Crippen molar-refractivity contribution >= 4 is 28.2 Å². The lowest BCUT2D eigenvalue weighted by Crippen LogP contribution is -2.30. The quantitative estimate of drug-likeness (QED) is 0.572. The minimum atomic E-state index is -0.722. The van der Waals surface area contributed by atoms with Crippen LogP contribution in [0.3, 0.4) is 0 Å². The fourth-order valence-corrected chi connectivity index (χ4v) is 3.62. The maximum Gasteiger partial charge on any atom is 0.341 e. The summed E-state index contributed by atoms with van der Waals surface area (Å²) >= 11 is 1.29. The molecule has 1 atom stereocenters. The van der Waals surface area contributed by atoms with Crippen LogP contribution in [0.5, 0.6) is 5.75 Å². The molecule has 3 aromatic rings. The van der Waals surface area contributed by atoms with Crippen LogP contribution in [0.2, 0.25) is 0 Å². The van der Waals surface area contributed by atoms with Gasteiger partial charge >= 0.3 is 5.97 Å². The summed E-state index contributed by atoms with van der Waals surface area (Å²) in [4.78, 5) is 25.2. The van der Waals surface area contributed by atoms with Gasteiger partial charge in [-0.3, -0.25) is 4.79 Å². The lowest BCUT2D eigenvalue weighted by molar-refractivity contribution is -0.122. The van der Waals surface area contributed by atoms with Crippen molar-refractivity contribution in [2.75, 3.05) is 11.9 Å². The molecule has 28 heavy (non-hydrogen) atoms. The van der Waals surface area contributed by atoms with Gasteiger partial charge in [0.2, 0.25) is 0 Å². The smallest absolute Gasteiger partial charge is 0.341 e. The third-order valence-corrected chi connectivity index (χ3v) is 4.91. The second-order valence-electron chi connectivity index (χ2n) is 6.00. The van der Waals surface area contributed by atoms with Gasteiger partial charge in [-0.1, -0.05) is 48.5 Å². The molecule has 0 bridgehead atoms. The highest BCUT2D eigenvalue weighted by Gasteiger charge is 2.24. The number of ether oxygens (including phenoxy) is 2. The number of benzene rings is 2. The van der Waals surface area contributed by atoms with Gasteiger partial charge in [-0.15, -0.1) is 11.3 Å². The normalized spacial score (nSPS) is 11.5. The topological polar surface area (TPSA) is 64.6 Å². The fraction of sp³-hybridized carbons (Fsp3) is 0.182. The number of rotatable bonds is 7. The molecule has 1 amide bonds. The van der Waals surface area contributed by atoms with Crippen molar-refractivity contribution < 1.29 is 19.1 Å². The molecule has 0 aliphatic rings. The van der Waals surface area contributed by atoms with Gasteiger partial charge in [-0.05, 0) is 31.5 Å². The zero-order valence-electron chi connectivity index (χ0n) is 15.7. The first kappa shape index (κ1) is 19.6. The van der Waals surface area contributed by atoms with Gasteiger partial charge < -0.3 is 14.8 Å². The van der Waals surface area contributed by atoms with Crippen molar-refractivity contribution in [3.63, 3.8) is 0 Å². The molecule has 3 rings (SSSR count). The van der Waals surface area contributed by atoms with Gasteiger partial charge in [0.05, 0.1) is 6.61 Å². The van der Waals surface area contributed by atoms with Crippen molar-refractivity contribution in [3.05, 3.63) is 71.6 Å². The second-order valence-corrected chi connectivity index (χ2v) is 6.88. The molecule has 0 saturated heterocycles. The Bertz CT molecular complexity index is 938. The number of thiophene rings is 1. The molecule has 0 spiro atoms. The van der Waals surface area contributed by atoms with E-state index < -0.39 is 12.1 Å². The van der Waals surface area contributed by atoms with Gasteiger partial charge in [0.15, 0.2) is 6.10 Å². The van der Waals surface area contributed by atoms with Crippen LogP contribution in [0.25, 0.3) is 11.1 Å². The Morgan fingerprint density at radius 3 is 2.32 bits per heavy atom. The monoisotopic (exact) mass is 395 g/mol. The van der Waals surface area contributed by atoms with Crippen molar-refractivity contribution in [3.8, 4) is 16.9 Å². The Morgan fingerprint density at radius 1 is 1.04 bits per heavy atom. The summed E-state index contributed by atoms with van der Waals surface area (Å²) in [6.45, 7) is 3.67. The van der Waals surface area contributed by atoms with Gasteiger partial charge in [0.1, 0.15) is 16.3 Å². The van der Waals surface area contributed by atoms with Crippen molar-refractivity contribution in [2.24, 2.45) is 0 Å². The van der Waals surface area contributed by atoms with Crippen LogP contribution in [0.15, 0.2) is 66.0 Å². The van der Waals surface area contributed by atoms with Crippen molar-refractivity contribution in [1.29, 1.82) is 0 Å². The first-order valence-electron chi connectivity index (χ1n) is 8.96. The number of carbonyl (C=O) groups excluding carboxylic acids is 2. The Morgan fingerprint density at radius 2 is 1.68 bits per heavy atom.